The summed E-state index contributed by atoms with van der Waals surface area (Å²) >= 11 is 0. The third-order valence-corrected chi connectivity index (χ3v) is 1.71. The Morgan fingerprint density at radius 3 is 3.00 bits per heavy atom. The lowest BCUT2D eigenvalue weighted by atomic mass is 10.2. The van der Waals surface area contributed by atoms with Crippen molar-refractivity contribution in [3.63, 3.8) is 0 Å². The highest BCUT2D eigenvalue weighted by molar-refractivity contribution is 5.31. The number of rotatable bonds is 0. The molecule has 0 saturated heterocycles. The van der Waals surface area contributed by atoms with Crippen LogP contribution in [0.25, 0.3) is 0 Å². The van der Waals surface area contributed by atoms with E-state index in [-0.39, 0.29) is 0 Å². The van der Waals surface area contributed by atoms with Crippen LogP contribution in [0.1, 0.15) is 17.1 Å². The molecule has 11 heavy (non-hydrogen) atoms. The quantitative estimate of drug-likeness (QED) is 0.586. The Morgan fingerprint density at radius 1 is 1.36 bits per heavy atom. The van der Waals surface area contributed by atoms with Gasteiger partial charge in [-0.2, -0.15) is 10.5 Å². The molecular formula is C7H9N3O. The molecule has 0 saturated carbocycles. The maximum Gasteiger partial charge on any atom is 0.245 e. The van der Waals surface area contributed by atoms with Crippen LogP contribution in [0.3, 0.4) is 0 Å². The van der Waals surface area contributed by atoms with Crippen molar-refractivity contribution in [2.24, 2.45) is 0 Å². The summed E-state index contributed by atoms with van der Waals surface area (Å²) in [5, 5.41) is 0. The van der Waals surface area contributed by atoms with Gasteiger partial charge in [0.25, 0.3) is 0 Å². The average Bonchev–Trinajstić information content (AvgIpc) is 2.34. The first-order valence-electron chi connectivity index (χ1n) is 3.51. The Morgan fingerprint density at radius 2 is 2.18 bits per heavy atom. The van der Waals surface area contributed by atoms with Crippen molar-refractivity contribution < 1.29 is 4.84 Å². The summed E-state index contributed by atoms with van der Waals surface area (Å²) < 4.78 is 0. The second kappa shape index (κ2) is 2.17. The van der Waals surface area contributed by atoms with Crippen LogP contribution in [-0.2, 0) is 6.54 Å². The van der Waals surface area contributed by atoms with E-state index in [1.807, 2.05) is 13.8 Å². The van der Waals surface area contributed by atoms with E-state index in [9.17, 15) is 0 Å². The summed E-state index contributed by atoms with van der Waals surface area (Å²) in [4.78, 5) is 13.4. The summed E-state index contributed by atoms with van der Waals surface area (Å²) in [6.45, 7) is 4.53. The van der Waals surface area contributed by atoms with E-state index < -0.39 is 0 Å². The van der Waals surface area contributed by atoms with Crippen LogP contribution in [0.5, 0.6) is 5.88 Å². The predicted molar refractivity (Wildman–Crippen MR) is 39.0 cm³/mol. The van der Waals surface area contributed by atoms with Gasteiger partial charge >= 0.3 is 0 Å². The molecule has 1 aromatic rings. The number of hydrogen-bond donors (Lipinski definition) is 1. The average molecular weight is 151 g/mol. The zero-order valence-electron chi connectivity index (χ0n) is 6.51. The fourth-order valence-electron chi connectivity index (χ4n) is 1.17. The van der Waals surface area contributed by atoms with Crippen molar-refractivity contribution in [1.29, 1.82) is 0 Å². The largest absolute Gasteiger partial charge is 0.388 e. The number of aryl methyl sites for hydroxylation is 2. The van der Waals surface area contributed by atoms with Crippen LogP contribution < -0.4 is 10.3 Å². The molecule has 1 aliphatic rings. The lowest BCUT2D eigenvalue weighted by Crippen LogP contribution is -2.08. The van der Waals surface area contributed by atoms with Crippen LogP contribution in [0.15, 0.2) is 0 Å². The lowest BCUT2D eigenvalue weighted by Gasteiger charge is -1.99. The van der Waals surface area contributed by atoms with Crippen molar-refractivity contribution in [3.05, 3.63) is 17.1 Å². The van der Waals surface area contributed by atoms with E-state index >= 15 is 0 Å². The predicted octanol–water partition coefficient (Wildman–Crippen LogP) is 0.490. The first-order valence-corrected chi connectivity index (χ1v) is 3.51. The van der Waals surface area contributed by atoms with Gasteiger partial charge in [0.1, 0.15) is 5.82 Å². The van der Waals surface area contributed by atoms with E-state index in [2.05, 4.69) is 15.4 Å². The van der Waals surface area contributed by atoms with Crippen LogP contribution in [-0.4, -0.2) is 9.97 Å². The Kier molecular flexibility index (Phi) is 1.29. The Bertz CT molecular complexity index is 298. The van der Waals surface area contributed by atoms with Crippen LogP contribution in [0.4, 0.5) is 0 Å². The highest BCUT2D eigenvalue weighted by Gasteiger charge is 2.16. The number of fused-ring (bicyclic) bond motifs is 1. The maximum atomic E-state index is 5.06. The molecule has 0 spiro atoms. The van der Waals surface area contributed by atoms with E-state index in [0.717, 1.165) is 17.1 Å². The lowest BCUT2D eigenvalue weighted by molar-refractivity contribution is 0.216. The molecule has 1 aliphatic heterocycles. The SMILES string of the molecule is Cc1nc(C)c2c(n1)ONC2. The molecule has 0 bridgehead atoms. The normalized spacial score (nSPS) is 14.4. The summed E-state index contributed by atoms with van der Waals surface area (Å²) in [6.07, 6.45) is 0. The summed E-state index contributed by atoms with van der Waals surface area (Å²) in [7, 11) is 0. The molecule has 0 unspecified atom stereocenters. The van der Waals surface area contributed by atoms with E-state index in [0.29, 0.717) is 12.4 Å². The second-order valence-corrected chi connectivity index (χ2v) is 2.56. The zero-order chi connectivity index (χ0) is 7.84. The Labute approximate surface area is 64.6 Å². The number of hydrogen-bond acceptors (Lipinski definition) is 4. The highest BCUT2D eigenvalue weighted by Crippen LogP contribution is 2.21. The zero-order valence-corrected chi connectivity index (χ0v) is 6.51. The topological polar surface area (TPSA) is 47.0 Å². The van der Waals surface area contributed by atoms with Gasteiger partial charge in [-0.3, -0.25) is 0 Å². The monoisotopic (exact) mass is 151 g/mol. The smallest absolute Gasteiger partial charge is 0.245 e. The van der Waals surface area contributed by atoms with Crippen molar-refractivity contribution in [3.8, 4) is 5.88 Å². The fourth-order valence-corrected chi connectivity index (χ4v) is 1.17. The first-order chi connectivity index (χ1) is 5.27. The molecule has 2 rings (SSSR count). The molecule has 1 N–H and O–H groups in total. The third kappa shape index (κ3) is 0.952. The molecule has 0 amide bonds. The molecule has 2 heterocycles. The van der Waals surface area contributed by atoms with Crippen molar-refractivity contribution in [2.45, 2.75) is 20.4 Å². The summed E-state index contributed by atoms with van der Waals surface area (Å²) in [5.41, 5.74) is 4.82. The number of hydroxylamine groups is 1. The standard InChI is InChI=1S/C7H9N3O/c1-4-6-3-8-11-7(6)10-5(2)9-4/h8H,3H2,1-2H3. The number of aromatic nitrogens is 2. The maximum absolute atomic E-state index is 5.06. The number of nitrogens with one attached hydrogen (secondary N) is 1. The molecule has 4 nitrogen and oxygen atoms in total. The van der Waals surface area contributed by atoms with Gasteiger partial charge in [-0.1, -0.05) is 0 Å². The van der Waals surface area contributed by atoms with Gasteiger partial charge < -0.3 is 4.84 Å². The Hall–Kier alpha value is -1.16. The minimum atomic E-state index is 0.676. The van der Waals surface area contributed by atoms with E-state index in [1.165, 1.54) is 0 Å². The minimum absolute atomic E-state index is 0.676. The van der Waals surface area contributed by atoms with Crippen LogP contribution in [0.2, 0.25) is 0 Å². The van der Waals surface area contributed by atoms with Crippen molar-refractivity contribution in [2.75, 3.05) is 0 Å². The minimum Gasteiger partial charge on any atom is -0.388 e. The molecular weight excluding hydrogens is 142 g/mol. The van der Waals surface area contributed by atoms with Gasteiger partial charge in [0.15, 0.2) is 0 Å². The number of nitrogens with zero attached hydrogens (tertiary/aromatic N) is 2. The molecule has 4 heteroatoms. The van der Waals surface area contributed by atoms with Gasteiger partial charge in [0.05, 0.1) is 12.1 Å². The molecule has 0 radical (unpaired) electrons. The third-order valence-electron chi connectivity index (χ3n) is 1.71. The molecule has 58 valence electrons. The highest BCUT2D eigenvalue weighted by atomic mass is 16.7. The fraction of sp³-hybridized carbons (Fsp3) is 0.429. The van der Waals surface area contributed by atoms with Gasteiger partial charge in [0.2, 0.25) is 5.88 Å². The van der Waals surface area contributed by atoms with Gasteiger partial charge in [-0.15, -0.1) is 0 Å². The summed E-state index contributed by atoms with van der Waals surface area (Å²) in [5.74, 6) is 1.43. The van der Waals surface area contributed by atoms with Crippen LogP contribution in [0, 0.1) is 13.8 Å². The van der Waals surface area contributed by atoms with Crippen molar-refractivity contribution in [1.82, 2.24) is 15.4 Å². The Balaban J connectivity index is 2.60. The van der Waals surface area contributed by atoms with E-state index in [4.69, 9.17) is 4.84 Å². The van der Waals surface area contributed by atoms with Crippen LogP contribution >= 0.6 is 0 Å². The molecule has 1 aromatic heterocycles. The van der Waals surface area contributed by atoms with Gasteiger partial charge in [-0.05, 0) is 13.8 Å². The molecule has 0 aromatic carbocycles. The summed E-state index contributed by atoms with van der Waals surface area (Å²) in [6, 6.07) is 0. The second-order valence-electron chi connectivity index (χ2n) is 2.56. The van der Waals surface area contributed by atoms with Gasteiger partial charge in [0, 0.05) is 5.69 Å². The first kappa shape index (κ1) is 6.54. The van der Waals surface area contributed by atoms with E-state index in [1.54, 1.807) is 0 Å². The molecule has 0 fully saturated rings. The molecule has 0 atom stereocenters. The van der Waals surface area contributed by atoms with Crippen molar-refractivity contribution >= 4 is 0 Å². The molecule has 0 aliphatic carbocycles. The van der Waals surface area contributed by atoms with Gasteiger partial charge in [-0.25, -0.2) is 4.98 Å².